The molecular weight excluding hydrogens is 573 g/mol. The van der Waals surface area contributed by atoms with Gasteiger partial charge in [0.2, 0.25) is 0 Å². The van der Waals surface area contributed by atoms with Crippen LogP contribution in [0.15, 0.2) is 133 Å². The van der Waals surface area contributed by atoms with Crippen LogP contribution in [-0.4, -0.2) is 11.2 Å². The number of aromatic nitrogens is 1. The minimum atomic E-state index is -4.44. The first-order valence-corrected chi connectivity index (χ1v) is 14.5. The second-order valence-electron chi connectivity index (χ2n) is 10.8. The number of ether oxygens (including phenoxy) is 2. The molecule has 7 heteroatoms. The molecule has 222 valence electrons. The summed E-state index contributed by atoms with van der Waals surface area (Å²) in [5, 5.41) is 0.876. The van der Waals surface area contributed by atoms with Crippen LogP contribution in [0.4, 0.5) is 18.9 Å². The monoisotopic (exact) mass is 600 g/mol. The summed E-state index contributed by atoms with van der Waals surface area (Å²) in [6.07, 6.45) is -0.787. The van der Waals surface area contributed by atoms with Gasteiger partial charge in [0.1, 0.15) is 24.7 Å². The van der Waals surface area contributed by atoms with Gasteiger partial charge in [-0.15, -0.1) is 0 Å². The number of hydrogen-bond donors (Lipinski definition) is 1. The van der Waals surface area contributed by atoms with Crippen LogP contribution < -0.4 is 9.47 Å². The number of allylic oxidation sites excluding steroid dienone is 1. The molecule has 0 spiro atoms. The predicted octanol–water partition coefficient (Wildman–Crippen LogP) is 10.0. The normalized spacial score (nSPS) is 13.6. The van der Waals surface area contributed by atoms with Crippen molar-refractivity contribution in [3.05, 3.63) is 161 Å². The Hall–Kier alpha value is -5.56. The average molecular weight is 601 g/mol. The highest BCUT2D eigenvalue weighted by Crippen LogP contribution is 2.43. The van der Waals surface area contributed by atoms with Gasteiger partial charge in [0.05, 0.1) is 11.3 Å². The van der Waals surface area contributed by atoms with E-state index >= 15 is 0 Å². The van der Waals surface area contributed by atoms with E-state index in [1.807, 2.05) is 103 Å². The molecule has 45 heavy (non-hydrogen) atoms. The number of nitrogens with zero attached hydrogens (tertiary/aromatic N) is 1. The molecule has 1 aliphatic rings. The lowest BCUT2D eigenvalue weighted by Crippen LogP contribution is -2.04. The van der Waals surface area contributed by atoms with Crippen LogP contribution in [-0.2, 0) is 19.4 Å². The van der Waals surface area contributed by atoms with E-state index in [2.05, 4.69) is 9.98 Å². The second-order valence-corrected chi connectivity index (χ2v) is 10.8. The molecule has 1 aliphatic heterocycles. The Labute approximate surface area is 258 Å². The van der Waals surface area contributed by atoms with Crippen molar-refractivity contribution >= 4 is 34.0 Å². The standard InChI is InChI=1S/C38H27F3N2O2/c39-38(40,41)28-13-11-27(12-14-28)37(33-21-42-35-17-15-29(19-31(33)35)44-23-25-7-3-1-4-8-25)34-22-43-36-18-16-30(20-32(34)36)45-24-26-9-5-2-6-10-26/h1-22,42H,23-24H2/b37-34+. The van der Waals surface area contributed by atoms with E-state index in [9.17, 15) is 13.2 Å². The quantitative estimate of drug-likeness (QED) is 0.189. The highest BCUT2D eigenvalue weighted by atomic mass is 19.4. The highest BCUT2D eigenvalue weighted by molar-refractivity contribution is 6.28. The minimum absolute atomic E-state index is 0.402. The molecule has 2 heterocycles. The molecule has 0 amide bonds. The third-order valence-corrected chi connectivity index (χ3v) is 7.78. The van der Waals surface area contributed by atoms with Gasteiger partial charge in [0.25, 0.3) is 0 Å². The first kappa shape index (κ1) is 28.2. The van der Waals surface area contributed by atoms with Gasteiger partial charge in [-0.05, 0) is 65.2 Å². The van der Waals surface area contributed by atoms with Crippen LogP contribution in [0, 0.1) is 0 Å². The van der Waals surface area contributed by atoms with Gasteiger partial charge in [-0.1, -0.05) is 72.8 Å². The molecular formula is C38H27F3N2O2. The summed E-state index contributed by atoms with van der Waals surface area (Å²) >= 11 is 0. The Morgan fingerprint density at radius 2 is 1.31 bits per heavy atom. The molecule has 0 saturated carbocycles. The van der Waals surface area contributed by atoms with Crippen molar-refractivity contribution in [3.63, 3.8) is 0 Å². The van der Waals surface area contributed by atoms with Crippen molar-refractivity contribution in [2.45, 2.75) is 19.4 Å². The number of rotatable bonds is 8. The van der Waals surface area contributed by atoms with Gasteiger partial charge < -0.3 is 14.5 Å². The van der Waals surface area contributed by atoms with Crippen LogP contribution in [0.3, 0.4) is 0 Å². The van der Waals surface area contributed by atoms with E-state index in [0.717, 1.165) is 62.1 Å². The van der Waals surface area contributed by atoms with Crippen LogP contribution in [0.5, 0.6) is 11.5 Å². The molecule has 0 atom stereocenters. The maximum absolute atomic E-state index is 13.5. The first-order valence-electron chi connectivity index (χ1n) is 14.5. The smallest absolute Gasteiger partial charge is 0.416 e. The maximum atomic E-state index is 13.5. The molecule has 0 aliphatic carbocycles. The van der Waals surface area contributed by atoms with Gasteiger partial charge in [0.15, 0.2) is 0 Å². The van der Waals surface area contributed by atoms with E-state index < -0.39 is 11.7 Å². The van der Waals surface area contributed by atoms with Crippen molar-refractivity contribution in [1.29, 1.82) is 0 Å². The molecule has 4 nitrogen and oxygen atoms in total. The molecule has 0 bridgehead atoms. The highest BCUT2D eigenvalue weighted by Gasteiger charge is 2.30. The molecule has 0 fully saturated rings. The Kier molecular flexibility index (Phi) is 7.43. The fraction of sp³-hybridized carbons (Fsp3) is 0.0789. The predicted molar refractivity (Wildman–Crippen MR) is 172 cm³/mol. The van der Waals surface area contributed by atoms with E-state index in [4.69, 9.17) is 9.47 Å². The third-order valence-electron chi connectivity index (χ3n) is 7.78. The van der Waals surface area contributed by atoms with Crippen molar-refractivity contribution in [3.8, 4) is 11.5 Å². The van der Waals surface area contributed by atoms with Gasteiger partial charge in [0, 0.05) is 45.6 Å². The number of hydrogen-bond acceptors (Lipinski definition) is 3. The first-order chi connectivity index (χ1) is 21.9. The largest absolute Gasteiger partial charge is 0.489 e. The number of H-pyrrole nitrogens is 1. The number of alkyl halides is 3. The molecule has 0 saturated heterocycles. The van der Waals surface area contributed by atoms with E-state index in [0.29, 0.717) is 30.3 Å². The van der Waals surface area contributed by atoms with Crippen LogP contribution in [0.25, 0.3) is 22.0 Å². The molecule has 7 rings (SSSR count). The van der Waals surface area contributed by atoms with Crippen molar-refractivity contribution < 1.29 is 22.6 Å². The number of aliphatic imine (C=N–C) groups is 1. The van der Waals surface area contributed by atoms with Gasteiger partial charge in [-0.2, -0.15) is 13.2 Å². The number of nitrogens with one attached hydrogen (secondary N) is 1. The lowest BCUT2D eigenvalue weighted by Gasteiger charge is -2.15. The Balaban J connectivity index is 1.32. The summed E-state index contributed by atoms with van der Waals surface area (Å²) in [5.74, 6) is 1.35. The summed E-state index contributed by atoms with van der Waals surface area (Å²) in [7, 11) is 0. The summed E-state index contributed by atoms with van der Waals surface area (Å²) in [5.41, 5.74) is 6.83. The fourth-order valence-electron chi connectivity index (χ4n) is 5.50. The fourth-order valence-corrected chi connectivity index (χ4v) is 5.50. The molecule has 1 aromatic heterocycles. The van der Waals surface area contributed by atoms with Crippen LogP contribution in [0.2, 0.25) is 0 Å². The summed E-state index contributed by atoms with van der Waals surface area (Å²) in [4.78, 5) is 7.99. The minimum Gasteiger partial charge on any atom is -0.489 e. The molecule has 5 aromatic carbocycles. The van der Waals surface area contributed by atoms with Gasteiger partial charge >= 0.3 is 6.18 Å². The third kappa shape index (κ3) is 5.97. The SMILES string of the molecule is FC(F)(F)c1ccc(/C(=C2/C=Nc3ccc(OCc4ccccc4)cc32)c2c[nH]c3ccc(OCc4ccccc4)cc23)cc1. The average Bonchev–Trinajstić information content (AvgIpc) is 3.68. The number of aromatic amines is 1. The van der Waals surface area contributed by atoms with Crippen molar-refractivity contribution in [2.75, 3.05) is 0 Å². The lowest BCUT2D eigenvalue weighted by atomic mass is 9.89. The summed E-state index contributed by atoms with van der Waals surface area (Å²) < 4.78 is 52.8. The zero-order valence-corrected chi connectivity index (χ0v) is 24.0. The van der Waals surface area contributed by atoms with Gasteiger partial charge in [-0.25, -0.2) is 0 Å². The molecule has 1 N–H and O–H groups in total. The Bertz CT molecular complexity index is 2030. The Morgan fingerprint density at radius 1 is 0.689 bits per heavy atom. The summed E-state index contributed by atoms with van der Waals surface area (Å²) in [6.45, 7) is 0.810. The van der Waals surface area contributed by atoms with Crippen molar-refractivity contribution in [1.82, 2.24) is 4.98 Å². The number of halogens is 3. The molecule has 0 unspecified atom stereocenters. The van der Waals surface area contributed by atoms with Gasteiger partial charge in [-0.3, -0.25) is 4.99 Å². The van der Waals surface area contributed by atoms with E-state index in [1.165, 1.54) is 12.1 Å². The second kappa shape index (κ2) is 11.8. The zero-order valence-electron chi connectivity index (χ0n) is 24.0. The number of fused-ring (bicyclic) bond motifs is 2. The Morgan fingerprint density at radius 3 is 1.96 bits per heavy atom. The van der Waals surface area contributed by atoms with E-state index in [1.54, 1.807) is 6.21 Å². The zero-order chi connectivity index (χ0) is 30.8. The van der Waals surface area contributed by atoms with Crippen LogP contribution >= 0.6 is 0 Å². The topological polar surface area (TPSA) is 46.6 Å². The maximum Gasteiger partial charge on any atom is 0.416 e. The van der Waals surface area contributed by atoms with Crippen LogP contribution in [0.1, 0.15) is 33.4 Å². The molecule has 6 aromatic rings. The van der Waals surface area contributed by atoms with Crippen molar-refractivity contribution in [2.24, 2.45) is 4.99 Å². The van der Waals surface area contributed by atoms with E-state index in [-0.39, 0.29) is 0 Å². The lowest BCUT2D eigenvalue weighted by molar-refractivity contribution is -0.137. The number of benzene rings is 5. The summed E-state index contributed by atoms with van der Waals surface area (Å²) in [6, 6.07) is 36.6. The molecule has 0 radical (unpaired) electrons.